The highest BCUT2D eigenvalue weighted by Gasteiger charge is 2.28. The SMILES string of the molecule is O=C(O)CCNC(=O)C1CC(c2ccc(Cl)cc2)=NO1. The number of hydrogen-bond acceptors (Lipinski definition) is 4. The number of carbonyl (C=O) groups is 2. The average molecular weight is 297 g/mol. The van der Waals surface area contributed by atoms with Gasteiger partial charge in [-0.1, -0.05) is 28.9 Å². The number of oxime groups is 1. The number of hydrogen-bond donors (Lipinski definition) is 2. The van der Waals surface area contributed by atoms with E-state index in [1.165, 1.54) is 0 Å². The molecule has 0 fully saturated rings. The summed E-state index contributed by atoms with van der Waals surface area (Å²) in [6, 6.07) is 7.07. The van der Waals surface area contributed by atoms with Crippen LogP contribution < -0.4 is 5.32 Å². The monoisotopic (exact) mass is 296 g/mol. The molecule has 0 saturated carbocycles. The van der Waals surface area contributed by atoms with Crippen LogP contribution in [0.25, 0.3) is 0 Å². The van der Waals surface area contributed by atoms with Crippen LogP contribution in [0.4, 0.5) is 0 Å². The Hall–Kier alpha value is -2.08. The van der Waals surface area contributed by atoms with Gasteiger partial charge in [-0.2, -0.15) is 0 Å². The van der Waals surface area contributed by atoms with Crippen molar-refractivity contribution in [3.05, 3.63) is 34.9 Å². The van der Waals surface area contributed by atoms with Crippen LogP contribution in [-0.2, 0) is 14.4 Å². The number of amides is 1. The summed E-state index contributed by atoms with van der Waals surface area (Å²) in [6.07, 6.45) is -0.487. The summed E-state index contributed by atoms with van der Waals surface area (Å²) in [7, 11) is 0. The molecule has 1 aliphatic heterocycles. The molecule has 0 aliphatic carbocycles. The lowest BCUT2D eigenvalue weighted by atomic mass is 10.0. The molecule has 1 aromatic carbocycles. The number of carboxylic acids is 1. The van der Waals surface area contributed by atoms with E-state index in [2.05, 4.69) is 10.5 Å². The van der Waals surface area contributed by atoms with Crippen LogP contribution in [0.5, 0.6) is 0 Å². The Morgan fingerprint density at radius 3 is 2.75 bits per heavy atom. The Kier molecular flexibility index (Phi) is 4.57. The van der Waals surface area contributed by atoms with E-state index in [4.69, 9.17) is 21.5 Å². The highest BCUT2D eigenvalue weighted by atomic mass is 35.5. The third-order valence-electron chi connectivity index (χ3n) is 2.78. The van der Waals surface area contributed by atoms with Crippen LogP contribution in [-0.4, -0.2) is 35.3 Å². The Morgan fingerprint density at radius 2 is 2.10 bits per heavy atom. The first-order valence-corrected chi connectivity index (χ1v) is 6.42. The van der Waals surface area contributed by atoms with E-state index >= 15 is 0 Å². The van der Waals surface area contributed by atoms with Gasteiger partial charge in [0.15, 0.2) is 0 Å². The van der Waals surface area contributed by atoms with Crippen molar-refractivity contribution in [1.82, 2.24) is 5.32 Å². The van der Waals surface area contributed by atoms with Crippen molar-refractivity contribution in [3.63, 3.8) is 0 Å². The lowest BCUT2D eigenvalue weighted by Crippen LogP contribution is -2.36. The van der Waals surface area contributed by atoms with Crippen LogP contribution in [0.1, 0.15) is 18.4 Å². The van der Waals surface area contributed by atoms with E-state index in [-0.39, 0.29) is 18.9 Å². The molecular weight excluding hydrogens is 284 g/mol. The Morgan fingerprint density at radius 1 is 1.40 bits per heavy atom. The molecule has 6 nitrogen and oxygen atoms in total. The fraction of sp³-hybridized carbons (Fsp3) is 0.308. The van der Waals surface area contributed by atoms with Gasteiger partial charge < -0.3 is 15.3 Å². The minimum Gasteiger partial charge on any atom is -0.481 e. The van der Waals surface area contributed by atoms with Crippen LogP contribution in [0.2, 0.25) is 5.02 Å². The largest absolute Gasteiger partial charge is 0.481 e. The molecule has 1 unspecified atom stereocenters. The minimum atomic E-state index is -0.962. The van der Waals surface area contributed by atoms with E-state index in [9.17, 15) is 9.59 Å². The van der Waals surface area contributed by atoms with E-state index in [0.29, 0.717) is 17.2 Å². The van der Waals surface area contributed by atoms with Gasteiger partial charge in [0.25, 0.3) is 5.91 Å². The van der Waals surface area contributed by atoms with Gasteiger partial charge in [-0.15, -0.1) is 0 Å². The second-order valence-electron chi connectivity index (χ2n) is 4.28. The van der Waals surface area contributed by atoms with E-state index < -0.39 is 12.1 Å². The summed E-state index contributed by atoms with van der Waals surface area (Å²) < 4.78 is 0. The molecule has 0 bridgehead atoms. The van der Waals surface area contributed by atoms with Gasteiger partial charge in [0, 0.05) is 18.0 Å². The maximum absolute atomic E-state index is 11.7. The maximum Gasteiger partial charge on any atom is 0.305 e. The molecule has 0 spiro atoms. The Balaban J connectivity index is 1.86. The van der Waals surface area contributed by atoms with Gasteiger partial charge in [0.1, 0.15) is 0 Å². The van der Waals surface area contributed by atoms with Crippen molar-refractivity contribution in [3.8, 4) is 0 Å². The maximum atomic E-state index is 11.7. The third-order valence-corrected chi connectivity index (χ3v) is 3.03. The molecular formula is C13H13ClN2O4. The predicted molar refractivity (Wildman–Crippen MR) is 72.7 cm³/mol. The normalized spacial score (nSPS) is 17.2. The van der Waals surface area contributed by atoms with Gasteiger partial charge in [-0.3, -0.25) is 9.59 Å². The number of carboxylic acid groups (broad SMARTS) is 1. The van der Waals surface area contributed by atoms with Crippen molar-refractivity contribution in [1.29, 1.82) is 0 Å². The molecule has 1 aromatic rings. The highest BCUT2D eigenvalue weighted by Crippen LogP contribution is 2.18. The van der Waals surface area contributed by atoms with Crippen LogP contribution in [0.3, 0.4) is 0 Å². The predicted octanol–water partition coefficient (Wildman–Crippen LogP) is 1.42. The van der Waals surface area contributed by atoms with Crippen LogP contribution in [0, 0.1) is 0 Å². The van der Waals surface area contributed by atoms with Gasteiger partial charge in [-0.25, -0.2) is 0 Å². The Labute approximate surface area is 120 Å². The number of aliphatic carboxylic acids is 1. The third kappa shape index (κ3) is 3.71. The number of halogens is 1. The molecule has 2 rings (SSSR count). The second-order valence-corrected chi connectivity index (χ2v) is 4.71. The summed E-state index contributed by atoms with van der Waals surface area (Å²) in [5, 5.41) is 15.5. The van der Waals surface area contributed by atoms with Crippen molar-refractivity contribution >= 4 is 29.2 Å². The number of nitrogens with one attached hydrogen (secondary N) is 1. The minimum absolute atomic E-state index is 0.0737. The molecule has 106 valence electrons. The molecule has 0 aromatic heterocycles. The first kappa shape index (κ1) is 14.3. The summed E-state index contributed by atoms with van der Waals surface area (Å²) >= 11 is 5.80. The van der Waals surface area contributed by atoms with Crippen LogP contribution >= 0.6 is 11.6 Å². The summed E-state index contributed by atoms with van der Waals surface area (Å²) in [6.45, 7) is 0.0737. The molecule has 7 heteroatoms. The smallest absolute Gasteiger partial charge is 0.305 e. The lowest BCUT2D eigenvalue weighted by molar-refractivity contribution is -0.137. The van der Waals surface area contributed by atoms with E-state index in [1.807, 2.05) is 0 Å². The number of nitrogens with zero attached hydrogens (tertiary/aromatic N) is 1. The summed E-state index contributed by atoms with van der Waals surface area (Å²) in [5.41, 5.74) is 1.51. The summed E-state index contributed by atoms with van der Waals surface area (Å²) in [4.78, 5) is 27.2. The molecule has 2 N–H and O–H groups in total. The van der Waals surface area contributed by atoms with Crippen molar-refractivity contribution in [2.75, 3.05) is 6.54 Å². The van der Waals surface area contributed by atoms with Gasteiger partial charge in [0.2, 0.25) is 6.10 Å². The Bertz CT molecular complexity index is 542. The fourth-order valence-corrected chi connectivity index (χ4v) is 1.86. The van der Waals surface area contributed by atoms with Gasteiger partial charge >= 0.3 is 5.97 Å². The van der Waals surface area contributed by atoms with E-state index in [1.54, 1.807) is 24.3 Å². The van der Waals surface area contributed by atoms with E-state index in [0.717, 1.165) is 5.56 Å². The molecule has 1 atom stereocenters. The number of benzene rings is 1. The standard InChI is InChI=1S/C13H13ClN2O4/c14-9-3-1-8(2-4-9)10-7-11(20-16-10)13(19)15-6-5-12(17)18/h1-4,11H,5-7H2,(H,15,19)(H,17,18). The molecule has 1 amide bonds. The summed E-state index contributed by atoms with van der Waals surface area (Å²) in [5.74, 6) is -1.32. The molecule has 1 aliphatic rings. The molecule has 20 heavy (non-hydrogen) atoms. The number of carbonyl (C=O) groups excluding carboxylic acids is 1. The first-order chi connectivity index (χ1) is 9.56. The zero-order valence-corrected chi connectivity index (χ0v) is 11.3. The molecule has 1 heterocycles. The molecule has 0 saturated heterocycles. The van der Waals surface area contributed by atoms with Gasteiger partial charge in [0.05, 0.1) is 12.1 Å². The van der Waals surface area contributed by atoms with Crippen molar-refractivity contribution in [2.24, 2.45) is 5.16 Å². The zero-order chi connectivity index (χ0) is 14.5. The van der Waals surface area contributed by atoms with Gasteiger partial charge in [-0.05, 0) is 17.7 Å². The van der Waals surface area contributed by atoms with Crippen LogP contribution in [0.15, 0.2) is 29.4 Å². The van der Waals surface area contributed by atoms with Crippen molar-refractivity contribution in [2.45, 2.75) is 18.9 Å². The zero-order valence-electron chi connectivity index (χ0n) is 10.5. The van der Waals surface area contributed by atoms with Crippen molar-refractivity contribution < 1.29 is 19.5 Å². The highest BCUT2D eigenvalue weighted by molar-refractivity contribution is 6.30. The lowest BCUT2D eigenvalue weighted by Gasteiger charge is -2.08. The molecule has 0 radical (unpaired) electrons. The quantitative estimate of drug-likeness (QED) is 0.860. The topological polar surface area (TPSA) is 88.0 Å². The second kappa shape index (κ2) is 6.38. The number of rotatable bonds is 5. The fourth-order valence-electron chi connectivity index (χ4n) is 1.74. The first-order valence-electron chi connectivity index (χ1n) is 6.04. The average Bonchev–Trinajstić information content (AvgIpc) is 2.88.